The van der Waals surface area contributed by atoms with Crippen LogP contribution in [0.3, 0.4) is 0 Å². The molecule has 5 heteroatoms. The fourth-order valence-electron chi connectivity index (χ4n) is 2.32. The van der Waals surface area contributed by atoms with Gasteiger partial charge in [-0.05, 0) is 19.3 Å². The molecule has 0 radical (unpaired) electrons. The third kappa shape index (κ3) is 3.94. The second-order valence-electron chi connectivity index (χ2n) is 4.51. The third-order valence-electron chi connectivity index (χ3n) is 3.23. The number of rotatable bonds is 4. The quantitative estimate of drug-likeness (QED) is 0.697. The highest BCUT2D eigenvalue weighted by atomic mass is 16.7. The van der Waals surface area contributed by atoms with Crippen molar-refractivity contribution in [1.29, 1.82) is 0 Å². The van der Waals surface area contributed by atoms with E-state index in [0.717, 1.165) is 25.7 Å². The van der Waals surface area contributed by atoms with E-state index >= 15 is 0 Å². The summed E-state index contributed by atoms with van der Waals surface area (Å²) in [5, 5.41) is 0. The summed E-state index contributed by atoms with van der Waals surface area (Å²) >= 11 is 0. The van der Waals surface area contributed by atoms with Gasteiger partial charge < -0.3 is 18.9 Å². The summed E-state index contributed by atoms with van der Waals surface area (Å²) in [6.07, 6.45) is 3.82. The number of methoxy groups -OCH3 is 1. The van der Waals surface area contributed by atoms with Crippen molar-refractivity contribution in [3.05, 3.63) is 0 Å². The summed E-state index contributed by atoms with van der Waals surface area (Å²) in [6.45, 7) is 1.13. The molecule has 1 aliphatic carbocycles. The molecule has 0 aromatic carbocycles. The van der Waals surface area contributed by atoms with Crippen LogP contribution in [0.4, 0.5) is 0 Å². The Bertz CT molecular complexity index is 249. The van der Waals surface area contributed by atoms with Crippen LogP contribution in [0.1, 0.15) is 32.1 Å². The molecular weight excluding hydrogens is 224 g/mol. The van der Waals surface area contributed by atoms with Gasteiger partial charge in [-0.15, -0.1) is 0 Å². The zero-order valence-corrected chi connectivity index (χ0v) is 10.2. The molecule has 0 aromatic heterocycles. The summed E-state index contributed by atoms with van der Waals surface area (Å²) in [6, 6.07) is 0. The number of esters is 1. The monoisotopic (exact) mass is 244 g/mol. The number of hydrogen-bond donors (Lipinski definition) is 0. The van der Waals surface area contributed by atoms with Gasteiger partial charge in [-0.1, -0.05) is 0 Å². The average molecular weight is 244 g/mol. The van der Waals surface area contributed by atoms with Crippen LogP contribution in [0.2, 0.25) is 0 Å². The lowest BCUT2D eigenvalue weighted by molar-refractivity contribution is -0.160. The standard InChI is InChI=1S/C12H20O5/c1-14-9-3-2-4-10(7-9)17-11(13)8-12-15-5-6-16-12/h9-10,12H,2-8H2,1H3/t9-,10+/m1/s1. The van der Waals surface area contributed by atoms with E-state index in [9.17, 15) is 4.79 Å². The lowest BCUT2D eigenvalue weighted by atomic mass is 9.95. The topological polar surface area (TPSA) is 54.0 Å². The van der Waals surface area contributed by atoms with Crippen molar-refractivity contribution in [1.82, 2.24) is 0 Å². The Labute approximate surface area is 101 Å². The van der Waals surface area contributed by atoms with Crippen LogP contribution in [-0.2, 0) is 23.7 Å². The minimum Gasteiger partial charge on any atom is -0.462 e. The fourth-order valence-corrected chi connectivity index (χ4v) is 2.32. The van der Waals surface area contributed by atoms with Crippen molar-refractivity contribution in [3.8, 4) is 0 Å². The van der Waals surface area contributed by atoms with Crippen LogP contribution in [-0.4, -0.2) is 44.8 Å². The van der Waals surface area contributed by atoms with Crippen molar-refractivity contribution in [2.45, 2.75) is 50.6 Å². The summed E-state index contributed by atoms with van der Waals surface area (Å²) in [4.78, 5) is 11.6. The average Bonchev–Trinajstić information content (AvgIpc) is 2.82. The Hall–Kier alpha value is -0.650. The first-order valence-electron chi connectivity index (χ1n) is 6.23. The Morgan fingerprint density at radius 1 is 1.24 bits per heavy atom. The number of hydrogen-bond acceptors (Lipinski definition) is 5. The van der Waals surface area contributed by atoms with Crippen LogP contribution in [0.5, 0.6) is 0 Å². The molecule has 2 atom stereocenters. The summed E-state index contributed by atoms with van der Waals surface area (Å²) in [7, 11) is 1.70. The van der Waals surface area contributed by atoms with Gasteiger partial charge in [0.25, 0.3) is 0 Å². The molecule has 98 valence electrons. The number of carbonyl (C=O) groups excluding carboxylic acids is 1. The van der Waals surface area contributed by atoms with Crippen molar-refractivity contribution >= 4 is 5.97 Å². The van der Waals surface area contributed by atoms with Gasteiger partial charge in [0.2, 0.25) is 0 Å². The van der Waals surface area contributed by atoms with E-state index in [1.54, 1.807) is 7.11 Å². The number of ether oxygens (including phenoxy) is 4. The molecule has 2 rings (SSSR count). The van der Waals surface area contributed by atoms with Gasteiger partial charge in [0.1, 0.15) is 6.10 Å². The molecular formula is C12H20O5. The number of carbonyl (C=O) groups is 1. The molecule has 1 saturated heterocycles. The van der Waals surface area contributed by atoms with Crippen LogP contribution >= 0.6 is 0 Å². The van der Waals surface area contributed by atoms with Crippen molar-refractivity contribution < 1.29 is 23.7 Å². The molecule has 2 aliphatic rings. The Morgan fingerprint density at radius 2 is 1.94 bits per heavy atom. The fraction of sp³-hybridized carbons (Fsp3) is 0.917. The first kappa shape index (κ1) is 12.8. The second kappa shape index (κ2) is 6.33. The zero-order valence-electron chi connectivity index (χ0n) is 10.2. The SMILES string of the molecule is CO[C@@H]1CCC[C@H](OC(=O)CC2OCCO2)C1. The first-order valence-corrected chi connectivity index (χ1v) is 6.23. The van der Waals surface area contributed by atoms with E-state index in [1.165, 1.54) is 0 Å². The Kier molecular flexibility index (Phi) is 4.76. The second-order valence-corrected chi connectivity index (χ2v) is 4.51. The molecule has 0 aromatic rings. The highest BCUT2D eigenvalue weighted by Crippen LogP contribution is 2.23. The molecule has 0 amide bonds. The van der Waals surface area contributed by atoms with Gasteiger partial charge in [0, 0.05) is 13.5 Å². The van der Waals surface area contributed by atoms with E-state index < -0.39 is 6.29 Å². The smallest absolute Gasteiger partial charge is 0.311 e. The van der Waals surface area contributed by atoms with E-state index in [2.05, 4.69) is 0 Å². The van der Waals surface area contributed by atoms with Crippen LogP contribution in [0.15, 0.2) is 0 Å². The predicted octanol–water partition coefficient (Wildman–Crippen LogP) is 1.25. The van der Waals surface area contributed by atoms with Gasteiger partial charge >= 0.3 is 5.97 Å². The largest absolute Gasteiger partial charge is 0.462 e. The van der Waals surface area contributed by atoms with Gasteiger partial charge in [-0.25, -0.2) is 0 Å². The normalized spacial score (nSPS) is 30.4. The van der Waals surface area contributed by atoms with E-state index in [1.807, 2.05) is 0 Å². The molecule has 1 saturated carbocycles. The lowest BCUT2D eigenvalue weighted by Crippen LogP contribution is -2.30. The molecule has 1 aliphatic heterocycles. The Morgan fingerprint density at radius 3 is 2.65 bits per heavy atom. The third-order valence-corrected chi connectivity index (χ3v) is 3.23. The molecule has 2 fully saturated rings. The van der Waals surface area contributed by atoms with Crippen molar-refractivity contribution in [3.63, 3.8) is 0 Å². The lowest BCUT2D eigenvalue weighted by Gasteiger charge is -2.28. The molecule has 5 nitrogen and oxygen atoms in total. The zero-order chi connectivity index (χ0) is 12.1. The van der Waals surface area contributed by atoms with Gasteiger partial charge in [-0.2, -0.15) is 0 Å². The Balaban J connectivity index is 1.70. The first-order chi connectivity index (χ1) is 8.28. The van der Waals surface area contributed by atoms with Gasteiger partial charge in [-0.3, -0.25) is 4.79 Å². The summed E-state index contributed by atoms with van der Waals surface area (Å²) < 4.78 is 21.1. The van der Waals surface area contributed by atoms with E-state index in [0.29, 0.717) is 13.2 Å². The highest BCUT2D eigenvalue weighted by molar-refractivity contribution is 5.70. The molecule has 0 N–H and O–H groups in total. The van der Waals surface area contributed by atoms with Gasteiger partial charge in [0.15, 0.2) is 6.29 Å². The van der Waals surface area contributed by atoms with E-state index in [-0.39, 0.29) is 24.6 Å². The molecule has 0 spiro atoms. The molecule has 17 heavy (non-hydrogen) atoms. The summed E-state index contributed by atoms with van der Waals surface area (Å²) in [5.74, 6) is -0.237. The summed E-state index contributed by atoms with van der Waals surface area (Å²) in [5.41, 5.74) is 0. The van der Waals surface area contributed by atoms with Crippen LogP contribution in [0.25, 0.3) is 0 Å². The maximum Gasteiger partial charge on any atom is 0.311 e. The maximum atomic E-state index is 11.6. The molecule has 0 unspecified atom stereocenters. The van der Waals surface area contributed by atoms with Crippen molar-refractivity contribution in [2.24, 2.45) is 0 Å². The van der Waals surface area contributed by atoms with Gasteiger partial charge in [0.05, 0.1) is 25.7 Å². The maximum absolute atomic E-state index is 11.6. The minimum absolute atomic E-state index is 0.0115. The van der Waals surface area contributed by atoms with Crippen LogP contribution in [0, 0.1) is 0 Å². The molecule has 1 heterocycles. The van der Waals surface area contributed by atoms with E-state index in [4.69, 9.17) is 18.9 Å². The highest BCUT2D eigenvalue weighted by Gasteiger charge is 2.27. The van der Waals surface area contributed by atoms with Crippen LogP contribution < -0.4 is 0 Å². The molecule has 0 bridgehead atoms. The minimum atomic E-state index is -0.413. The predicted molar refractivity (Wildman–Crippen MR) is 59.5 cm³/mol. The van der Waals surface area contributed by atoms with Crippen molar-refractivity contribution in [2.75, 3.05) is 20.3 Å².